The van der Waals surface area contributed by atoms with Crippen LogP contribution in [0.1, 0.15) is 427 Å². The Morgan fingerprint density at radius 2 is 0.624 bits per heavy atom. The number of para-hydroxylation sites is 2. The van der Waals surface area contributed by atoms with Gasteiger partial charge in [0.05, 0.1) is 0 Å². The Kier molecular flexibility index (Phi) is 29.4. The Balaban J connectivity index is 0.631. The fourth-order valence-electron chi connectivity index (χ4n) is 28.5. The Morgan fingerprint density at radius 3 is 1.18 bits per heavy atom. The van der Waals surface area contributed by atoms with Crippen molar-refractivity contribution in [2.45, 2.75) is 393 Å². The van der Waals surface area contributed by atoms with E-state index in [2.05, 4.69) is 321 Å². The molecule has 5 aliphatic rings. The van der Waals surface area contributed by atoms with E-state index < -0.39 is 0 Å². The molecule has 13 aromatic carbocycles. The second kappa shape index (κ2) is 42.4. The summed E-state index contributed by atoms with van der Waals surface area (Å²) in [5.74, 6) is 0.180. The first kappa shape index (κ1) is 97.9. The van der Waals surface area contributed by atoms with E-state index in [0.717, 1.165) is 40.7 Å². The second-order valence-electron chi connectivity index (χ2n) is 45.9. The normalized spacial score (nSPS) is 15.0. The van der Waals surface area contributed by atoms with E-state index in [1.807, 2.05) is 0 Å². The Labute approximate surface area is 848 Å². The third-order valence-electron chi connectivity index (χ3n) is 36.0. The van der Waals surface area contributed by atoms with Crippen LogP contribution in [-0.2, 0) is 33.5 Å². The molecule has 5 aliphatic carbocycles. The summed E-state index contributed by atoms with van der Waals surface area (Å²) in [6.07, 6.45) is 53.4. The van der Waals surface area contributed by atoms with Gasteiger partial charge in [-0.2, -0.15) is 0 Å². The molecule has 2 nitrogen and oxygen atoms in total. The molecule has 730 valence electrons. The van der Waals surface area contributed by atoms with Crippen LogP contribution in [0.25, 0.3) is 133 Å². The zero-order valence-electron chi connectivity index (χ0n) is 88.5. The highest BCUT2D eigenvalue weighted by molar-refractivity contribution is 6.19. The molecule has 1 atom stereocenters. The van der Waals surface area contributed by atoms with Gasteiger partial charge in [0.1, 0.15) is 22.3 Å². The Bertz CT molecular complexity index is 6940. The van der Waals surface area contributed by atoms with Gasteiger partial charge in [-0.1, -0.05) is 469 Å². The molecule has 2 aromatic heterocycles. The SMILES string of the molecule is CCCCCCCCC1(CCCCCCCC)c2cc(C(CCc3ccc4c(c3)C(C)(C)c3cc(-c5ccc(-c6ccc7c(c6)C(C)(C)c6cc(-c8ccc9c(c8)C(CCCCCCC)(CCCCCCC)c8ccccc8-9)ccc6-7)cc5)c5oc6ccccc6c5c3-4)c3c(C)cc(C)cc3C)ccc2-c2cc3c(cc21)-c1c(ccc2oc4ccccc4c12)C3(CCCCCCCC)CCCCCCCC. The second-order valence-corrected chi connectivity index (χ2v) is 45.9. The average Bonchev–Trinajstić information content (AvgIpc) is 1.61. The van der Waals surface area contributed by atoms with Crippen molar-refractivity contribution in [1.29, 1.82) is 0 Å². The Morgan fingerprint density at radius 1 is 0.248 bits per heavy atom. The van der Waals surface area contributed by atoms with Gasteiger partial charge in [0.15, 0.2) is 0 Å². The maximum atomic E-state index is 7.24. The number of rotatable bonds is 48. The lowest BCUT2D eigenvalue weighted by atomic mass is 9.68. The molecular formula is C139H162O2. The summed E-state index contributed by atoms with van der Waals surface area (Å²) < 4.78 is 14.2. The van der Waals surface area contributed by atoms with Crippen LogP contribution in [0, 0.1) is 20.8 Å². The molecular weight excluding hydrogens is 1700 g/mol. The van der Waals surface area contributed by atoms with Gasteiger partial charge in [-0.15, -0.1) is 0 Å². The molecule has 2 heteroatoms. The number of fused-ring (bicyclic) bond motifs is 23. The smallest absolute Gasteiger partial charge is 0.143 e. The van der Waals surface area contributed by atoms with Gasteiger partial charge >= 0.3 is 0 Å². The van der Waals surface area contributed by atoms with Crippen molar-refractivity contribution in [2.75, 3.05) is 0 Å². The first-order valence-corrected chi connectivity index (χ1v) is 57.1. The lowest BCUT2D eigenvalue weighted by Crippen LogP contribution is -2.27. The summed E-state index contributed by atoms with van der Waals surface area (Å²) in [4.78, 5) is 0. The van der Waals surface area contributed by atoms with Crippen LogP contribution in [0.5, 0.6) is 0 Å². The number of unbranched alkanes of at least 4 members (excludes halogenated alkanes) is 28. The highest BCUT2D eigenvalue weighted by Gasteiger charge is 2.51. The first-order valence-electron chi connectivity index (χ1n) is 57.1. The molecule has 0 saturated carbocycles. The lowest BCUT2D eigenvalue weighted by molar-refractivity contribution is 0.394. The van der Waals surface area contributed by atoms with E-state index in [0.29, 0.717) is 0 Å². The van der Waals surface area contributed by atoms with Crippen LogP contribution in [-0.4, -0.2) is 0 Å². The zero-order chi connectivity index (χ0) is 97.2. The molecule has 0 radical (unpaired) electrons. The predicted molar refractivity (Wildman–Crippen MR) is 607 cm³/mol. The summed E-state index contributed by atoms with van der Waals surface area (Å²) in [6.45, 7) is 31.3. The average molecular weight is 1860 g/mol. The molecule has 0 N–H and O–H groups in total. The van der Waals surface area contributed by atoms with Crippen molar-refractivity contribution in [1.82, 2.24) is 0 Å². The van der Waals surface area contributed by atoms with Crippen molar-refractivity contribution in [3.05, 3.63) is 320 Å². The Hall–Kier alpha value is -10.5. The highest BCUT2D eigenvalue weighted by atomic mass is 16.3. The summed E-state index contributed by atoms with van der Waals surface area (Å²) >= 11 is 0. The third-order valence-corrected chi connectivity index (χ3v) is 36.0. The van der Waals surface area contributed by atoms with Crippen molar-refractivity contribution >= 4 is 43.9 Å². The predicted octanol–water partition coefficient (Wildman–Crippen LogP) is 42.3. The molecule has 0 amide bonds. The molecule has 2 heterocycles. The minimum absolute atomic E-state index is 0.0446. The van der Waals surface area contributed by atoms with Gasteiger partial charge < -0.3 is 8.83 Å². The number of hydrogen-bond acceptors (Lipinski definition) is 2. The van der Waals surface area contributed by atoms with Crippen molar-refractivity contribution in [2.24, 2.45) is 0 Å². The summed E-state index contributed by atoms with van der Waals surface area (Å²) in [5, 5.41) is 5.02. The molecule has 0 saturated heterocycles. The van der Waals surface area contributed by atoms with E-state index in [9.17, 15) is 0 Å². The molecule has 0 aliphatic heterocycles. The van der Waals surface area contributed by atoms with Gasteiger partial charge in [-0.25, -0.2) is 0 Å². The summed E-state index contributed by atoms with van der Waals surface area (Å²) in [5.41, 5.74) is 48.9. The first-order chi connectivity index (χ1) is 68.9. The summed E-state index contributed by atoms with van der Waals surface area (Å²) in [6, 6.07) is 93.3. The fourth-order valence-corrected chi connectivity index (χ4v) is 28.5. The number of benzene rings is 13. The lowest BCUT2D eigenvalue weighted by Gasteiger charge is -2.35. The van der Waals surface area contributed by atoms with Crippen LogP contribution in [0.2, 0.25) is 0 Å². The van der Waals surface area contributed by atoms with Crippen molar-refractivity contribution < 1.29 is 8.83 Å². The largest absolute Gasteiger partial charge is 0.456 e. The number of hydrogen-bond donors (Lipinski definition) is 0. The monoisotopic (exact) mass is 1860 g/mol. The van der Waals surface area contributed by atoms with Crippen LogP contribution in [0.3, 0.4) is 0 Å². The van der Waals surface area contributed by atoms with Crippen LogP contribution >= 0.6 is 0 Å². The van der Waals surface area contributed by atoms with Gasteiger partial charge in [0.25, 0.3) is 0 Å². The molecule has 0 fully saturated rings. The molecule has 20 rings (SSSR count). The fraction of sp³-hybridized carbons (Fsp3) is 0.439. The summed E-state index contributed by atoms with van der Waals surface area (Å²) in [7, 11) is 0. The zero-order valence-corrected chi connectivity index (χ0v) is 88.5. The third kappa shape index (κ3) is 18.3. The standard InChI is InChI=1S/C139H162O2/c1-14-20-26-32-38-50-80-138(81-51-39-33-27-21-15-2)117-76-77-128-132(111-55-43-46-58-126(111)140-128)131(117)115-93-123-114(92-124(115)138)109-75-69-103(90-122(109)139(123,82-52-40-34-28-22-16-3)83-53-41-35-29-23-17-4)104(129-95(8)84-94(7)85-96(129)9)70-60-97-61-71-110-118(86-97)136(12,13)125-91-113(134-133(130(110)125)112-56-44-47-59-127(112)141-134)99-64-62-98(63-65-99)100-66-72-106-107-73-67-101(88-120(107)135(10,11)119(106)87-100)102-68-74-108-105-54-42-45-57-116(105)137(121(108)89-102,78-48-36-30-24-18-5)79-49-37-31-25-19-6/h42-47,54-59,61-69,71-77,84-93,104H,14-41,48-53,60,70,78-83H2,1-13H3. The van der Waals surface area contributed by atoms with E-state index in [4.69, 9.17) is 8.83 Å². The molecule has 141 heavy (non-hydrogen) atoms. The van der Waals surface area contributed by atoms with E-state index in [1.165, 1.54) is 417 Å². The molecule has 0 bridgehead atoms. The maximum Gasteiger partial charge on any atom is 0.143 e. The minimum Gasteiger partial charge on any atom is -0.456 e. The van der Waals surface area contributed by atoms with Crippen molar-refractivity contribution in [3.8, 4) is 89.0 Å². The van der Waals surface area contributed by atoms with Crippen LogP contribution in [0.15, 0.2) is 239 Å². The van der Waals surface area contributed by atoms with Crippen molar-refractivity contribution in [3.63, 3.8) is 0 Å². The highest BCUT2D eigenvalue weighted by Crippen LogP contribution is 2.65. The number of aryl methyl sites for hydroxylation is 4. The van der Waals surface area contributed by atoms with Gasteiger partial charge in [0, 0.05) is 60.1 Å². The van der Waals surface area contributed by atoms with Crippen LogP contribution in [0.4, 0.5) is 0 Å². The van der Waals surface area contributed by atoms with Crippen LogP contribution < -0.4 is 0 Å². The molecule has 15 aromatic rings. The van der Waals surface area contributed by atoms with E-state index in [-0.39, 0.29) is 33.0 Å². The van der Waals surface area contributed by atoms with Gasteiger partial charge in [0.2, 0.25) is 0 Å². The molecule has 1 unspecified atom stereocenters. The van der Waals surface area contributed by atoms with E-state index in [1.54, 1.807) is 33.4 Å². The molecule has 0 spiro atoms. The van der Waals surface area contributed by atoms with E-state index >= 15 is 0 Å². The van der Waals surface area contributed by atoms with Gasteiger partial charge in [-0.05, 0) is 294 Å². The quantitative estimate of drug-likeness (QED) is 0.0355. The number of furan rings is 2. The maximum absolute atomic E-state index is 7.24. The van der Waals surface area contributed by atoms with Gasteiger partial charge in [-0.3, -0.25) is 0 Å². The minimum atomic E-state index is -0.297. The topological polar surface area (TPSA) is 26.3 Å².